The Morgan fingerprint density at radius 3 is 2.39 bits per heavy atom. The van der Waals surface area contributed by atoms with Gasteiger partial charge in [0.15, 0.2) is 11.5 Å². The Hall–Kier alpha value is -3.87. The van der Waals surface area contributed by atoms with E-state index >= 15 is 0 Å². The Morgan fingerprint density at radius 1 is 1.04 bits per heavy atom. The highest BCUT2D eigenvalue weighted by Gasteiger charge is 2.27. The predicted molar refractivity (Wildman–Crippen MR) is 103 cm³/mol. The summed E-state index contributed by atoms with van der Waals surface area (Å²) in [5.41, 5.74) is 3.25. The Kier molecular flexibility index (Phi) is 4.63. The summed E-state index contributed by atoms with van der Waals surface area (Å²) < 4.78 is 11.4. The molecular formula is C21H16N2O5. The van der Waals surface area contributed by atoms with Crippen LogP contribution in [0.3, 0.4) is 0 Å². The molecule has 0 spiro atoms. The number of nitrogens with zero attached hydrogens (tertiary/aromatic N) is 1. The molecular weight excluding hydrogens is 360 g/mol. The molecule has 0 saturated carbocycles. The summed E-state index contributed by atoms with van der Waals surface area (Å²) in [6.45, 7) is 0.0833. The van der Waals surface area contributed by atoms with Gasteiger partial charge in [0.1, 0.15) is 6.61 Å². The van der Waals surface area contributed by atoms with Crippen LogP contribution in [0.25, 0.3) is 10.8 Å². The van der Waals surface area contributed by atoms with E-state index < -0.39 is 18.0 Å². The fourth-order valence-corrected chi connectivity index (χ4v) is 2.84. The summed E-state index contributed by atoms with van der Waals surface area (Å²) in [6.07, 6.45) is 0.606. The highest BCUT2D eigenvalue weighted by Crippen LogP contribution is 2.35. The van der Waals surface area contributed by atoms with E-state index in [1.54, 1.807) is 12.1 Å². The number of carbonyl (C=O) groups excluding carboxylic acids is 1. The van der Waals surface area contributed by atoms with Crippen molar-refractivity contribution < 1.29 is 24.2 Å². The first-order chi connectivity index (χ1) is 13.6. The van der Waals surface area contributed by atoms with Gasteiger partial charge >= 0.3 is 5.97 Å². The summed E-state index contributed by atoms with van der Waals surface area (Å²) in [4.78, 5) is 23.1. The molecule has 0 fully saturated rings. The molecule has 0 radical (unpaired) electrons. The van der Waals surface area contributed by atoms with Crippen LogP contribution in [0.15, 0.2) is 65.8 Å². The van der Waals surface area contributed by atoms with Gasteiger partial charge in [-0.25, -0.2) is 10.2 Å². The third kappa shape index (κ3) is 3.64. The van der Waals surface area contributed by atoms with Crippen molar-refractivity contribution in [3.63, 3.8) is 0 Å². The number of benzene rings is 3. The lowest BCUT2D eigenvalue weighted by atomic mass is 10.1. The zero-order valence-electron chi connectivity index (χ0n) is 14.7. The molecule has 0 saturated heterocycles. The van der Waals surface area contributed by atoms with Crippen LogP contribution in [-0.2, 0) is 4.79 Å². The standard InChI is InChI=1S/C21H16N2O5/c24-20(23-22-11-13-5-7-14(8-6-13)21(25)26)19-12-27-17-9-15-3-1-2-4-16(15)10-18(17)28-19/h1-11,19H,12H2,(H,23,24)(H,25,26)/b22-11-. The van der Waals surface area contributed by atoms with Crippen LogP contribution in [0.1, 0.15) is 15.9 Å². The molecule has 7 heteroatoms. The molecule has 140 valence electrons. The number of fused-ring (bicyclic) bond motifs is 2. The first-order valence-electron chi connectivity index (χ1n) is 8.59. The van der Waals surface area contributed by atoms with Crippen molar-refractivity contribution in [3.8, 4) is 11.5 Å². The number of hydrazone groups is 1. The largest absolute Gasteiger partial charge is 0.485 e. The molecule has 2 N–H and O–H groups in total. The lowest BCUT2D eigenvalue weighted by Crippen LogP contribution is -2.42. The van der Waals surface area contributed by atoms with E-state index in [9.17, 15) is 9.59 Å². The summed E-state index contributed by atoms with van der Waals surface area (Å²) in [5.74, 6) is -0.320. The van der Waals surface area contributed by atoms with Crippen LogP contribution in [0.5, 0.6) is 11.5 Å². The number of amides is 1. The highest BCUT2D eigenvalue weighted by atomic mass is 16.6. The van der Waals surface area contributed by atoms with E-state index in [-0.39, 0.29) is 12.2 Å². The van der Waals surface area contributed by atoms with Crippen LogP contribution in [0, 0.1) is 0 Å². The minimum absolute atomic E-state index is 0.0833. The molecule has 0 bridgehead atoms. The molecule has 7 nitrogen and oxygen atoms in total. The first-order valence-corrected chi connectivity index (χ1v) is 8.59. The maximum atomic E-state index is 12.3. The van der Waals surface area contributed by atoms with Crippen LogP contribution in [0.2, 0.25) is 0 Å². The normalized spacial score (nSPS) is 15.5. The van der Waals surface area contributed by atoms with E-state index in [2.05, 4.69) is 10.5 Å². The molecule has 0 aliphatic carbocycles. The second-order valence-corrected chi connectivity index (χ2v) is 6.23. The number of rotatable bonds is 4. The molecule has 1 aliphatic heterocycles. The molecule has 3 aromatic rings. The van der Waals surface area contributed by atoms with Crippen LogP contribution >= 0.6 is 0 Å². The molecule has 3 aromatic carbocycles. The average molecular weight is 376 g/mol. The van der Waals surface area contributed by atoms with Crippen molar-refractivity contribution in [3.05, 3.63) is 71.8 Å². The van der Waals surface area contributed by atoms with Gasteiger partial charge in [-0.2, -0.15) is 5.10 Å². The Balaban J connectivity index is 1.40. The fourth-order valence-electron chi connectivity index (χ4n) is 2.84. The second-order valence-electron chi connectivity index (χ2n) is 6.23. The van der Waals surface area contributed by atoms with Gasteiger partial charge in [-0.1, -0.05) is 36.4 Å². The van der Waals surface area contributed by atoms with Crippen molar-refractivity contribution in [1.82, 2.24) is 5.43 Å². The van der Waals surface area contributed by atoms with E-state index in [0.717, 1.165) is 10.8 Å². The number of ether oxygens (including phenoxy) is 2. The third-order valence-electron chi connectivity index (χ3n) is 4.31. The molecule has 0 aromatic heterocycles. The zero-order valence-corrected chi connectivity index (χ0v) is 14.7. The topological polar surface area (TPSA) is 97.2 Å². The highest BCUT2D eigenvalue weighted by molar-refractivity contribution is 5.90. The van der Waals surface area contributed by atoms with Gasteiger partial charge in [0, 0.05) is 0 Å². The van der Waals surface area contributed by atoms with Crippen molar-refractivity contribution in [1.29, 1.82) is 0 Å². The first kappa shape index (κ1) is 17.5. The lowest BCUT2D eigenvalue weighted by molar-refractivity contribution is -0.130. The third-order valence-corrected chi connectivity index (χ3v) is 4.31. The summed E-state index contributed by atoms with van der Waals surface area (Å²) in [5, 5.41) is 14.8. The van der Waals surface area contributed by atoms with E-state index in [1.165, 1.54) is 18.3 Å². The SMILES string of the molecule is O=C(O)c1ccc(/C=N\NC(=O)C2COc3cc4ccccc4cc3O2)cc1. The molecule has 1 heterocycles. The van der Waals surface area contributed by atoms with Gasteiger partial charge < -0.3 is 14.6 Å². The molecule has 1 aliphatic rings. The summed E-state index contributed by atoms with van der Waals surface area (Å²) in [6, 6.07) is 17.7. The second kappa shape index (κ2) is 7.40. The lowest BCUT2D eigenvalue weighted by Gasteiger charge is -2.25. The van der Waals surface area contributed by atoms with Crippen molar-refractivity contribution >= 4 is 28.9 Å². The number of aromatic carboxylic acids is 1. The molecule has 1 unspecified atom stereocenters. The van der Waals surface area contributed by atoms with E-state index in [1.807, 2.05) is 36.4 Å². The summed E-state index contributed by atoms with van der Waals surface area (Å²) in [7, 11) is 0. The zero-order chi connectivity index (χ0) is 19.5. The number of hydrogen-bond donors (Lipinski definition) is 2. The number of hydrogen-bond acceptors (Lipinski definition) is 5. The van der Waals surface area contributed by atoms with Crippen LogP contribution < -0.4 is 14.9 Å². The van der Waals surface area contributed by atoms with E-state index in [0.29, 0.717) is 17.1 Å². The number of carboxylic acids is 1. The minimum Gasteiger partial charge on any atom is -0.485 e. The summed E-state index contributed by atoms with van der Waals surface area (Å²) >= 11 is 0. The smallest absolute Gasteiger partial charge is 0.335 e. The van der Waals surface area contributed by atoms with Gasteiger partial charge in [-0.3, -0.25) is 4.79 Å². The number of nitrogens with one attached hydrogen (secondary N) is 1. The molecule has 1 atom stereocenters. The van der Waals surface area contributed by atoms with Crippen molar-refractivity contribution in [2.45, 2.75) is 6.10 Å². The molecule has 28 heavy (non-hydrogen) atoms. The van der Waals surface area contributed by atoms with E-state index in [4.69, 9.17) is 14.6 Å². The van der Waals surface area contributed by atoms with Crippen LogP contribution in [0.4, 0.5) is 0 Å². The number of carboxylic acid groups (broad SMARTS) is 1. The molecule has 1 amide bonds. The van der Waals surface area contributed by atoms with Gasteiger partial charge in [0.2, 0.25) is 6.10 Å². The van der Waals surface area contributed by atoms with Crippen LogP contribution in [-0.4, -0.2) is 35.9 Å². The van der Waals surface area contributed by atoms with Gasteiger partial charge in [0.05, 0.1) is 11.8 Å². The van der Waals surface area contributed by atoms with Gasteiger partial charge in [0.25, 0.3) is 5.91 Å². The van der Waals surface area contributed by atoms with Gasteiger partial charge in [-0.15, -0.1) is 0 Å². The minimum atomic E-state index is -1.00. The Bertz CT molecular complexity index is 1080. The maximum absolute atomic E-state index is 12.3. The Morgan fingerprint density at radius 2 is 1.71 bits per heavy atom. The quantitative estimate of drug-likeness (QED) is 0.539. The van der Waals surface area contributed by atoms with Crippen molar-refractivity contribution in [2.75, 3.05) is 6.61 Å². The monoisotopic (exact) mass is 376 g/mol. The maximum Gasteiger partial charge on any atom is 0.335 e. The fraction of sp³-hybridized carbons (Fsp3) is 0.0952. The van der Waals surface area contributed by atoms with Crippen molar-refractivity contribution in [2.24, 2.45) is 5.10 Å². The number of carbonyl (C=O) groups is 2. The average Bonchev–Trinajstić information content (AvgIpc) is 2.72. The Labute approximate surface area is 160 Å². The molecule has 4 rings (SSSR count). The predicted octanol–water partition coefficient (Wildman–Crippen LogP) is 2.83. The van der Waals surface area contributed by atoms with Gasteiger partial charge in [-0.05, 0) is 40.6 Å².